The predicted octanol–water partition coefficient (Wildman–Crippen LogP) is 4.13. The Morgan fingerprint density at radius 3 is 2.28 bits per heavy atom. The molecule has 3 rings (SSSR count). The van der Waals surface area contributed by atoms with Crippen molar-refractivity contribution in [1.29, 1.82) is 0 Å². The van der Waals surface area contributed by atoms with Crippen molar-refractivity contribution < 1.29 is 14.4 Å². The van der Waals surface area contributed by atoms with Gasteiger partial charge in [0.1, 0.15) is 6.67 Å². The molecule has 0 bridgehead atoms. The van der Waals surface area contributed by atoms with Crippen LogP contribution >= 0.6 is 31.9 Å². The van der Waals surface area contributed by atoms with Gasteiger partial charge in [0, 0.05) is 21.6 Å². The van der Waals surface area contributed by atoms with Crippen LogP contribution in [0.25, 0.3) is 0 Å². The molecule has 0 saturated heterocycles. The molecule has 0 unspecified atom stereocenters. The third kappa shape index (κ3) is 3.26. The molecule has 7 heteroatoms. The van der Waals surface area contributed by atoms with Crippen LogP contribution in [-0.2, 0) is 4.79 Å². The van der Waals surface area contributed by atoms with Gasteiger partial charge in [-0.2, -0.15) is 0 Å². The molecule has 0 aliphatic carbocycles. The zero-order valence-electron chi connectivity index (χ0n) is 13.5. The maximum atomic E-state index is 12.6. The van der Waals surface area contributed by atoms with E-state index in [1.165, 1.54) is 11.8 Å². The van der Waals surface area contributed by atoms with Gasteiger partial charge in [-0.05, 0) is 42.8 Å². The highest BCUT2D eigenvalue weighted by molar-refractivity contribution is 9.10. The fourth-order valence-electron chi connectivity index (χ4n) is 2.75. The van der Waals surface area contributed by atoms with E-state index < -0.39 is 11.8 Å². The number of amides is 3. The Labute approximate surface area is 161 Å². The first-order chi connectivity index (χ1) is 11.8. The zero-order valence-corrected chi connectivity index (χ0v) is 16.7. The third-order valence-corrected chi connectivity index (χ3v) is 5.04. The normalized spacial score (nSPS) is 13.2. The summed E-state index contributed by atoms with van der Waals surface area (Å²) in [4.78, 5) is 40.0. The van der Waals surface area contributed by atoms with Crippen LogP contribution in [0.5, 0.6) is 0 Å². The van der Waals surface area contributed by atoms with Crippen molar-refractivity contribution in [3.05, 3.63) is 62.0 Å². The second kappa shape index (κ2) is 6.72. The van der Waals surface area contributed by atoms with Gasteiger partial charge in [0.05, 0.1) is 11.1 Å². The highest BCUT2D eigenvalue weighted by Gasteiger charge is 2.37. The molecular weight excluding hydrogens is 452 g/mol. The Hall–Kier alpha value is -1.99. The summed E-state index contributed by atoms with van der Waals surface area (Å²) in [5.74, 6) is -1.05. The minimum Gasteiger partial charge on any atom is -0.294 e. The second-order valence-corrected chi connectivity index (χ2v) is 7.58. The minimum atomic E-state index is -0.403. The number of aryl methyl sites for hydroxylation is 1. The van der Waals surface area contributed by atoms with E-state index in [4.69, 9.17) is 0 Å². The second-order valence-electron chi connectivity index (χ2n) is 5.75. The van der Waals surface area contributed by atoms with E-state index in [2.05, 4.69) is 31.9 Å². The average molecular weight is 466 g/mol. The third-order valence-electron chi connectivity index (χ3n) is 4.06. The number of anilines is 1. The number of fused-ring (bicyclic) bond motifs is 1. The van der Waals surface area contributed by atoms with Crippen LogP contribution in [0, 0.1) is 6.92 Å². The summed E-state index contributed by atoms with van der Waals surface area (Å²) in [6.45, 7) is 3.16. The SMILES string of the molecule is CC(=O)N(CN1C(=O)c2ccc(Br)cc2C1=O)c1cc(Br)ccc1C. The lowest BCUT2D eigenvalue weighted by Crippen LogP contribution is -2.43. The van der Waals surface area contributed by atoms with Gasteiger partial charge in [-0.25, -0.2) is 0 Å². The van der Waals surface area contributed by atoms with Crippen LogP contribution in [-0.4, -0.2) is 29.3 Å². The van der Waals surface area contributed by atoms with Gasteiger partial charge in [-0.15, -0.1) is 0 Å². The van der Waals surface area contributed by atoms with E-state index >= 15 is 0 Å². The van der Waals surface area contributed by atoms with Crippen LogP contribution < -0.4 is 4.90 Å². The van der Waals surface area contributed by atoms with Crippen LogP contribution in [0.3, 0.4) is 0 Å². The summed E-state index contributed by atoms with van der Waals surface area (Å²) >= 11 is 6.70. The number of halogens is 2. The van der Waals surface area contributed by atoms with Crippen LogP contribution in [0.1, 0.15) is 33.2 Å². The lowest BCUT2D eigenvalue weighted by molar-refractivity contribution is -0.116. The molecule has 3 amide bonds. The maximum Gasteiger partial charge on any atom is 0.263 e. The predicted molar refractivity (Wildman–Crippen MR) is 102 cm³/mol. The summed E-state index contributed by atoms with van der Waals surface area (Å²) in [5, 5.41) is 0. The molecule has 1 heterocycles. The quantitative estimate of drug-likeness (QED) is 0.640. The molecule has 0 radical (unpaired) electrons. The van der Waals surface area contributed by atoms with Gasteiger partial charge >= 0.3 is 0 Å². The standard InChI is InChI=1S/C18H14Br2N2O3/c1-10-3-4-13(20)8-16(10)21(11(2)23)9-22-17(24)14-6-5-12(19)7-15(14)18(22)25/h3-8H,9H2,1-2H3. The number of nitrogens with zero attached hydrogens (tertiary/aromatic N) is 2. The molecule has 5 nitrogen and oxygen atoms in total. The van der Waals surface area contributed by atoms with Gasteiger partial charge < -0.3 is 0 Å². The molecule has 0 N–H and O–H groups in total. The average Bonchev–Trinajstić information content (AvgIpc) is 2.78. The van der Waals surface area contributed by atoms with E-state index in [0.717, 1.165) is 19.4 Å². The highest BCUT2D eigenvalue weighted by atomic mass is 79.9. The van der Waals surface area contributed by atoms with E-state index in [-0.39, 0.29) is 12.6 Å². The molecule has 0 fully saturated rings. The molecule has 2 aromatic rings. The summed E-state index contributed by atoms with van der Waals surface area (Å²) in [5.41, 5.74) is 2.22. The Balaban J connectivity index is 1.97. The van der Waals surface area contributed by atoms with Crippen molar-refractivity contribution in [2.45, 2.75) is 13.8 Å². The molecule has 1 aliphatic rings. The largest absolute Gasteiger partial charge is 0.294 e. The first-order valence-corrected chi connectivity index (χ1v) is 9.08. The van der Waals surface area contributed by atoms with E-state index in [1.54, 1.807) is 24.3 Å². The number of rotatable bonds is 3. The van der Waals surface area contributed by atoms with Gasteiger partial charge in [0.15, 0.2) is 0 Å². The lowest BCUT2D eigenvalue weighted by Gasteiger charge is -2.27. The van der Waals surface area contributed by atoms with Gasteiger partial charge in [0.2, 0.25) is 5.91 Å². The number of benzene rings is 2. The topological polar surface area (TPSA) is 57.7 Å². The summed E-state index contributed by atoms with van der Waals surface area (Å²) in [7, 11) is 0. The summed E-state index contributed by atoms with van der Waals surface area (Å²) in [6, 6.07) is 10.5. The van der Waals surface area contributed by atoms with Crippen molar-refractivity contribution >= 4 is 55.3 Å². The highest BCUT2D eigenvalue weighted by Crippen LogP contribution is 2.29. The minimum absolute atomic E-state index is 0.128. The van der Waals surface area contributed by atoms with Crippen LogP contribution in [0.15, 0.2) is 45.3 Å². The Morgan fingerprint density at radius 1 is 1.00 bits per heavy atom. The Morgan fingerprint density at radius 2 is 1.60 bits per heavy atom. The number of hydrogen-bond acceptors (Lipinski definition) is 3. The monoisotopic (exact) mass is 464 g/mol. The Bertz CT molecular complexity index is 911. The molecular formula is C18H14Br2N2O3. The lowest BCUT2D eigenvalue weighted by atomic mass is 10.1. The Kier molecular flexibility index (Phi) is 4.79. The fourth-order valence-corrected chi connectivity index (χ4v) is 3.46. The number of carbonyl (C=O) groups excluding carboxylic acids is 3. The molecule has 0 aromatic heterocycles. The van der Waals surface area contributed by atoms with E-state index in [1.807, 2.05) is 19.1 Å². The molecule has 0 spiro atoms. The molecule has 25 heavy (non-hydrogen) atoms. The van der Waals surface area contributed by atoms with Crippen molar-refractivity contribution in [3.8, 4) is 0 Å². The van der Waals surface area contributed by atoms with Crippen molar-refractivity contribution in [2.24, 2.45) is 0 Å². The van der Waals surface area contributed by atoms with Gasteiger partial charge in [-0.3, -0.25) is 24.2 Å². The van der Waals surface area contributed by atoms with E-state index in [9.17, 15) is 14.4 Å². The first-order valence-electron chi connectivity index (χ1n) is 7.49. The van der Waals surface area contributed by atoms with Crippen molar-refractivity contribution in [1.82, 2.24) is 4.90 Å². The smallest absolute Gasteiger partial charge is 0.263 e. The number of carbonyl (C=O) groups is 3. The fraction of sp³-hybridized carbons (Fsp3) is 0.167. The van der Waals surface area contributed by atoms with Crippen LogP contribution in [0.2, 0.25) is 0 Å². The number of imide groups is 1. The molecule has 128 valence electrons. The molecule has 0 atom stereocenters. The zero-order chi connectivity index (χ0) is 18.3. The molecule has 2 aromatic carbocycles. The molecule has 0 saturated carbocycles. The molecule has 1 aliphatic heterocycles. The van der Waals surface area contributed by atoms with Gasteiger partial charge in [-0.1, -0.05) is 37.9 Å². The summed E-state index contributed by atoms with van der Waals surface area (Å²) in [6.07, 6.45) is 0. The maximum absolute atomic E-state index is 12.6. The van der Waals surface area contributed by atoms with Crippen LogP contribution in [0.4, 0.5) is 5.69 Å². The summed E-state index contributed by atoms with van der Waals surface area (Å²) < 4.78 is 1.53. The van der Waals surface area contributed by atoms with E-state index in [0.29, 0.717) is 16.8 Å². The van der Waals surface area contributed by atoms with Crippen molar-refractivity contribution in [3.63, 3.8) is 0 Å². The van der Waals surface area contributed by atoms with Crippen molar-refractivity contribution in [2.75, 3.05) is 11.6 Å². The number of hydrogen-bond donors (Lipinski definition) is 0. The van der Waals surface area contributed by atoms with Gasteiger partial charge in [0.25, 0.3) is 11.8 Å². The first kappa shape index (κ1) is 17.8.